The number of ether oxygens (including phenoxy) is 1. The predicted octanol–water partition coefficient (Wildman–Crippen LogP) is 0.412. The first-order valence-corrected chi connectivity index (χ1v) is 7.89. The minimum Gasteiger partial charge on any atom is -0.381 e. The molecule has 0 bridgehead atoms. The van der Waals surface area contributed by atoms with E-state index in [1.165, 1.54) is 0 Å². The van der Waals surface area contributed by atoms with E-state index in [1.807, 2.05) is 6.92 Å². The highest BCUT2D eigenvalue weighted by Gasteiger charge is 2.33. The van der Waals surface area contributed by atoms with Crippen LogP contribution in [0.5, 0.6) is 0 Å². The van der Waals surface area contributed by atoms with Crippen molar-refractivity contribution in [3.63, 3.8) is 0 Å². The van der Waals surface area contributed by atoms with E-state index in [4.69, 9.17) is 10.5 Å². The Hall–Kier alpha value is -0.170. The highest BCUT2D eigenvalue weighted by Crippen LogP contribution is 2.24. The Balaban J connectivity index is 2.62. The SMILES string of the molecule is CCOCCS(=O)(=O)N1CCC(C)CC1CN. The van der Waals surface area contributed by atoms with Gasteiger partial charge in [0, 0.05) is 25.7 Å². The van der Waals surface area contributed by atoms with Crippen molar-refractivity contribution >= 4 is 10.0 Å². The third-order valence-electron chi connectivity index (χ3n) is 3.24. The van der Waals surface area contributed by atoms with Gasteiger partial charge in [-0.1, -0.05) is 6.92 Å². The third-order valence-corrected chi connectivity index (χ3v) is 5.12. The van der Waals surface area contributed by atoms with Gasteiger partial charge in [0.25, 0.3) is 0 Å². The van der Waals surface area contributed by atoms with Crippen LogP contribution < -0.4 is 5.73 Å². The van der Waals surface area contributed by atoms with Crippen molar-refractivity contribution in [3.8, 4) is 0 Å². The van der Waals surface area contributed by atoms with Crippen LogP contribution in [-0.2, 0) is 14.8 Å². The molecule has 1 heterocycles. The molecule has 0 aromatic rings. The van der Waals surface area contributed by atoms with Crippen LogP contribution in [0.25, 0.3) is 0 Å². The number of sulfonamides is 1. The van der Waals surface area contributed by atoms with E-state index in [9.17, 15) is 8.42 Å². The lowest BCUT2D eigenvalue weighted by Crippen LogP contribution is -2.50. The first-order chi connectivity index (χ1) is 8.01. The molecule has 6 heteroatoms. The number of rotatable bonds is 6. The number of piperidine rings is 1. The molecule has 1 rings (SSSR count). The molecule has 0 amide bonds. The summed E-state index contributed by atoms with van der Waals surface area (Å²) in [6.45, 7) is 5.81. The molecule has 2 N–H and O–H groups in total. The van der Waals surface area contributed by atoms with Crippen LogP contribution in [0.15, 0.2) is 0 Å². The topological polar surface area (TPSA) is 72.6 Å². The minimum atomic E-state index is -3.21. The number of nitrogens with two attached hydrogens (primary N) is 1. The summed E-state index contributed by atoms with van der Waals surface area (Å²) >= 11 is 0. The van der Waals surface area contributed by atoms with Crippen LogP contribution in [0.2, 0.25) is 0 Å². The van der Waals surface area contributed by atoms with Gasteiger partial charge in [0.15, 0.2) is 0 Å². The molecule has 1 saturated heterocycles. The molecular formula is C11H24N2O3S. The zero-order valence-electron chi connectivity index (χ0n) is 10.8. The van der Waals surface area contributed by atoms with Gasteiger partial charge in [-0.15, -0.1) is 0 Å². The van der Waals surface area contributed by atoms with Gasteiger partial charge in [-0.2, -0.15) is 4.31 Å². The van der Waals surface area contributed by atoms with Crippen LogP contribution in [0.1, 0.15) is 26.7 Å². The average molecular weight is 264 g/mol. The largest absolute Gasteiger partial charge is 0.381 e. The number of nitrogens with zero attached hydrogens (tertiary/aromatic N) is 1. The maximum absolute atomic E-state index is 12.1. The van der Waals surface area contributed by atoms with E-state index < -0.39 is 10.0 Å². The first-order valence-electron chi connectivity index (χ1n) is 6.28. The molecule has 17 heavy (non-hydrogen) atoms. The summed E-state index contributed by atoms with van der Waals surface area (Å²) in [6, 6.07) is -0.0367. The van der Waals surface area contributed by atoms with Crippen molar-refractivity contribution in [2.45, 2.75) is 32.7 Å². The van der Waals surface area contributed by atoms with Gasteiger partial charge in [-0.25, -0.2) is 8.42 Å². The molecule has 0 aromatic heterocycles. The van der Waals surface area contributed by atoms with E-state index in [2.05, 4.69) is 6.92 Å². The Kier molecular flexibility index (Phi) is 5.85. The molecule has 0 spiro atoms. The first kappa shape index (κ1) is 14.9. The number of hydrogen-bond acceptors (Lipinski definition) is 4. The molecule has 1 aliphatic heterocycles. The van der Waals surface area contributed by atoms with E-state index in [0.29, 0.717) is 25.6 Å². The summed E-state index contributed by atoms with van der Waals surface area (Å²) in [5.41, 5.74) is 5.67. The fourth-order valence-corrected chi connectivity index (χ4v) is 3.81. The molecular weight excluding hydrogens is 240 g/mol. The maximum Gasteiger partial charge on any atom is 0.216 e. The Morgan fingerprint density at radius 3 is 2.76 bits per heavy atom. The lowest BCUT2D eigenvalue weighted by atomic mass is 9.94. The highest BCUT2D eigenvalue weighted by atomic mass is 32.2. The smallest absolute Gasteiger partial charge is 0.216 e. The average Bonchev–Trinajstić information content (AvgIpc) is 2.28. The van der Waals surface area contributed by atoms with Crippen molar-refractivity contribution < 1.29 is 13.2 Å². The van der Waals surface area contributed by atoms with Gasteiger partial charge in [0.05, 0.1) is 12.4 Å². The standard InChI is InChI=1S/C11H24N2O3S/c1-3-16-6-7-17(14,15)13-5-4-10(2)8-11(13)9-12/h10-11H,3-9,12H2,1-2H3. The van der Waals surface area contributed by atoms with Gasteiger partial charge in [-0.05, 0) is 25.7 Å². The molecule has 5 nitrogen and oxygen atoms in total. The van der Waals surface area contributed by atoms with Crippen molar-refractivity contribution in [3.05, 3.63) is 0 Å². The van der Waals surface area contributed by atoms with E-state index >= 15 is 0 Å². The zero-order valence-corrected chi connectivity index (χ0v) is 11.6. The molecule has 0 radical (unpaired) electrons. The normalized spacial score (nSPS) is 27.2. The molecule has 2 unspecified atom stereocenters. The van der Waals surface area contributed by atoms with Crippen LogP contribution in [0.3, 0.4) is 0 Å². The van der Waals surface area contributed by atoms with E-state index in [0.717, 1.165) is 12.8 Å². The molecule has 0 saturated carbocycles. The highest BCUT2D eigenvalue weighted by molar-refractivity contribution is 7.89. The second-order valence-corrected chi connectivity index (χ2v) is 6.68. The Labute approximate surface area is 104 Å². The zero-order chi connectivity index (χ0) is 12.9. The van der Waals surface area contributed by atoms with Crippen molar-refractivity contribution in [1.82, 2.24) is 4.31 Å². The van der Waals surface area contributed by atoms with Crippen LogP contribution in [0.4, 0.5) is 0 Å². The van der Waals surface area contributed by atoms with Crippen LogP contribution in [0, 0.1) is 5.92 Å². The van der Waals surface area contributed by atoms with Gasteiger partial charge in [-0.3, -0.25) is 0 Å². The molecule has 0 aromatic carbocycles. The second-order valence-electron chi connectivity index (χ2n) is 4.64. The maximum atomic E-state index is 12.1. The summed E-state index contributed by atoms with van der Waals surface area (Å²) in [6.07, 6.45) is 1.79. The van der Waals surface area contributed by atoms with Crippen molar-refractivity contribution in [2.75, 3.05) is 32.1 Å². The molecule has 2 atom stereocenters. The van der Waals surface area contributed by atoms with Crippen molar-refractivity contribution in [1.29, 1.82) is 0 Å². The molecule has 102 valence electrons. The fraction of sp³-hybridized carbons (Fsp3) is 1.00. The summed E-state index contributed by atoms with van der Waals surface area (Å²) < 4.78 is 30.9. The van der Waals surface area contributed by atoms with Gasteiger partial charge in [0.2, 0.25) is 10.0 Å². The summed E-state index contributed by atoms with van der Waals surface area (Å²) in [5, 5.41) is 0. The van der Waals surface area contributed by atoms with Gasteiger partial charge < -0.3 is 10.5 Å². The quantitative estimate of drug-likeness (QED) is 0.705. The van der Waals surface area contributed by atoms with Gasteiger partial charge >= 0.3 is 0 Å². The minimum absolute atomic E-state index is 0.0367. The summed E-state index contributed by atoms with van der Waals surface area (Å²) in [5.74, 6) is 0.619. The monoisotopic (exact) mass is 264 g/mol. The van der Waals surface area contributed by atoms with Gasteiger partial charge in [0.1, 0.15) is 0 Å². The molecule has 1 fully saturated rings. The van der Waals surface area contributed by atoms with Crippen molar-refractivity contribution in [2.24, 2.45) is 11.7 Å². The van der Waals surface area contributed by atoms with E-state index in [1.54, 1.807) is 4.31 Å². The summed E-state index contributed by atoms with van der Waals surface area (Å²) in [7, 11) is -3.21. The lowest BCUT2D eigenvalue weighted by molar-refractivity contribution is 0.159. The lowest BCUT2D eigenvalue weighted by Gasteiger charge is -2.36. The summed E-state index contributed by atoms with van der Waals surface area (Å²) in [4.78, 5) is 0. The van der Waals surface area contributed by atoms with Crippen LogP contribution in [-0.4, -0.2) is 50.8 Å². The second kappa shape index (κ2) is 6.68. The third kappa shape index (κ3) is 4.21. The predicted molar refractivity (Wildman–Crippen MR) is 68.2 cm³/mol. The Morgan fingerprint density at radius 2 is 2.18 bits per heavy atom. The van der Waals surface area contributed by atoms with Crippen LogP contribution >= 0.6 is 0 Å². The Bertz CT molecular complexity index is 319. The Morgan fingerprint density at radius 1 is 1.47 bits per heavy atom. The van der Waals surface area contributed by atoms with E-state index in [-0.39, 0.29) is 18.4 Å². The molecule has 1 aliphatic rings. The number of hydrogen-bond donors (Lipinski definition) is 1. The fourth-order valence-electron chi connectivity index (χ4n) is 2.24. The molecule has 0 aliphatic carbocycles.